The van der Waals surface area contributed by atoms with Gasteiger partial charge in [-0.25, -0.2) is 4.79 Å². The summed E-state index contributed by atoms with van der Waals surface area (Å²) in [4.78, 5) is 11.9. The lowest BCUT2D eigenvalue weighted by Gasteiger charge is -2.07. The average molecular weight is 406 g/mol. The van der Waals surface area contributed by atoms with E-state index in [4.69, 9.17) is 23.0 Å². The van der Waals surface area contributed by atoms with E-state index in [-0.39, 0.29) is 23.9 Å². The van der Waals surface area contributed by atoms with Crippen molar-refractivity contribution in [2.24, 2.45) is 0 Å². The second kappa shape index (κ2) is 6.88. The summed E-state index contributed by atoms with van der Waals surface area (Å²) in [5.41, 5.74) is 1.60. The second-order valence-electron chi connectivity index (χ2n) is 7.10. The van der Waals surface area contributed by atoms with Gasteiger partial charge in [-0.1, -0.05) is 6.07 Å². The molecule has 0 spiro atoms. The zero-order chi connectivity index (χ0) is 20.8. The van der Waals surface area contributed by atoms with Crippen molar-refractivity contribution in [1.29, 1.82) is 0 Å². The molecule has 30 heavy (non-hydrogen) atoms. The Morgan fingerprint density at radius 3 is 2.67 bits per heavy atom. The molecule has 3 heterocycles. The van der Waals surface area contributed by atoms with E-state index in [2.05, 4.69) is 0 Å². The fourth-order valence-corrected chi connectivity index (χ4v) is 3.39. The van der Waals surface area contributed by atoms with E-state index in [1.165, 1.54) is 6.92 Å². The summed E-state index contributed by atoms with van der Waals surface area (Å²) in [5.74, 6) is 2.59. The molecule has 1 aliphatic rings. The van der Waals surface area contributed by atoms with E-state index < -0.39 is 5.63 Å². The van der Waals surface area contributed by atoms with Crippen LogP contribution < -0.4 is 19.8 Å². The maximum Gasteiger partial charge on any atom is 0.343 e. The van der Waals surface area contributed by atoms with Gasteiger partial charge in [0, 0.05) is 10.9 Å². The fourth-order valence-electron chi connectivity index (χ4n) is 3.39. The lowest BCUT2D eigenvalue weighted by molar-refractivity contribution is 0.174. The quantitative estimate of drug-likeness (QED) is 0.526. The van der Waals surface area contributed by atoms with Gasteiger partial charge in [-0.2, -0.15) is 0 Å². The fraction of sp³-hybridized carbons (Fsp3) is 0.174. The highest BCUT2D eigenvalue weighted by molar-refractivity contribution is 5.84. The summed E-state index contributed by atoms with van der Waals surface area (Å²) < 4.78 is 27.8. The van der Waals surface area contributed by atoms with Crippen LogP contribution in [0.15, 0.2) is 56.1 Å². The van der Waals surface area contributed by atoms with Gasteiger partial charge in [0.15, 0.2) is 23.0 Å². The molecular weight excluding hydrogens is 388 g/mol. The molecule has 1 aliphatic heterocycles. The SMILES string of the molecule is Cc1c(-c2cc3cc(OCc4ccc5c(c4)OCO5)ccc3o2)oc(=O)c(C)c1O. The van der Waals surface area contributed by atoms with Crippen LogP contribution in [-0.2, 0) is 6.61 Å². The first kappa shape index (κ1) is 18.2. The Morgan fingerprint density at radius 1 is 0.967 bits per heavy atom. The van der Waals surface area contributed by atoms with Gasteiger partial charge in [0.25, 0.3) is 0 Å². The first-order chi connectivity index (χ1) is 14.5. The van der Waals surface area contributed by atoms with Crippen LogP contribution in [0.25, 0.3) is 22.5 Å². The van der Waals surface area contributed by atoms with Crippen molar-refractivity contribution in [2.75, 3.05) is 6.79 Å². The maximum atomic E-state index is 11.9. The van der Waals surface area contributed by atoms with Crippen molar-refractivity contribution in [3.63, 3.8) is 0 Å². The molecular formula is C23H18O7. The number of hydrogen-bond acceptors (Lipinski definition) is 7. The molecule has 0 bridgehead atoms. The van der Waals surface area contributed by atoms with Crippen molar-refractivity contribution in [3.05, 3.63) is 69.6 Å². The number of benzene rings is 2. The minimum Gasteiger partial charge on any atom is -0.507 e. The minimum atomic E-state index is -0.596. The summed E-state index contributed by atoms with van der Waals surface area (Å²) in [5, 5.41) is 10.9. The van der Waals surface area contributed by atoms with Crippen molar-refractivity contribution in [1.82, 2.24) is 0 Å². The summed E-state index contributed by atoms with van der Waals surface area (Å²) in [6, 6.07) is 12.9. The van der Waals surface area contributed by atoms with Crippen molar-refractivity contribution in [3.8, 4) is 34.5 Å². The van der Waals surface area contributed by atoms with E-state index in [1.807, 2.05) is 24.3 Å². The van der Waals surface area contributed by atoms with Gasteiger partial charge in [-0.3, -0.25) is 0 Å². The third-order valence-electron chi connectivity index (χ3n) is 5.11. The topological polar surface area (TPSA) is 91.3 Å². The molecule has 7 heteroatoms. The van der Waals surface area contributed by atoms with Crippen LogP contribution in [-0.4, -0.2) is 11.9 Å². The van der Waals surface area contributed by atoms with Crippen LogP contribution in [0.1, 0.15) is 16.7 Å². The third-order valence-corrected chi connectivity index (χ3v) is 5.11. The third kappa shape index (κ3) is 3.04. The molecule has 0 radical (unpaired) electrons. The highest BCUT2D eigenvalue weighted by atomic mass is 16.7. The Morgan fingerprint density at radius 2 is 1.80 bits per heavy atom. The van der Waals surface area contributed by atoms with E-state index in [9.17, 15) is 9.90 Å². The second-order valence-corrected chi connectivity index (χ2v) is 7.10. The Bertz CT molecular complexity index is 1330. The summed E-state index contributed by atoms with van der Waals surface area (Å²) in [6.45, 7) is 3.79. The van der Waals surface area contributed by atoms with Crippen molar-refractivity contribution in [2.45, 2.75) is 20.5 Å². The molecule has 2 aromatic carbocycles. The summed E-state index contributed by atoms with van der Waals surface area (Å²) in [6.07, 6.45) is 0. The zero-order valence-corrected chi connectivity index (χ0v) is 16.4. The molecule has 0 saturated heterocycles. The molecule has 0 aliphatic carbocycles. The average Bonchev–Trinajstić information content (AvgIpc) is 3.39. The van der Waals surface area contributed by atoms with Gasteiger partial charge in [-0.15, -0.1) is 0 Å². The van der Waals surface area contributed by atoms with E-state index in [0.29, 0.717) is 35.0 Å². The number of rotatable bonds is 4. The number of furan rings is 1. The molecule has 4 aromatic rings. The predicted octanol–water partition coefficient (Wildman–Crippen LogP) is 4.68. The maximum absolute atomic E-state index is 11.9. The van der Waals surface area contributed by atoms with Crippen LogP contribution >= 0.6 is 0 Å². The Balaban J connectivity index is 1.41. The Labute approximate surface area is 171 Å². The Hall–Kier alpha value is -3.87. The Kier molecular flexibility index (Phi) is 4.17. The molecule has 5 rings (SSSR count). The van der Waals surface area contributed by atoms with E-state index in [1.54, 1.807) is 25.1 Å². The molecule has 2 aromatic heterocycles. The summed E-state index contributed by atoms with van der Waals surface area (Å²) >= 11 is 0. The van der Waals surface area contributed by atoms with Crippen LogP contribution in [0.3, 0.4) is 0 Å². The van der Waals surface area contributed by atoms with Gasteiger partial charge in [0.05, 0.1) is 5.56 Å². The zero-order valence-electron chi connectivity index (χ0n) is 16.4. The van der Waals surface area contributed by atoms with Crippen molar-refractivity contribution >= 4 is 11.0 Å². The molecule has 152 valence electrons. The highest BCUT2D eigenvalue weighted by Crippen LogP contribution is 2.35. The van der Waals surface area contributed by atoms with Gasteiger partial charge >= 0.3 is 5.63 Å². The lowest BCUT2D eigenvalue weighted by atomic mass is 10.1. The van der Waals surface area contributed by atoms with E-state index in [0.717, 1.165) is 16.7 Å². The molecule has 7 nitrogen and oxygen atoms in total. The smallest absolute Gasteiger partial charge is 0.343 e. The van der Waals surface area contributed by atoms with Gasteiger partial charge in [0.1, 0.15) is 23.7 Å². The predicted molar refractivity (Wildman–Crippen MR) is 108 cm³/mol. The highest BCUT2D eigenvalue weighted by Gasteiger charge is 2.18. The van der Waals surface area contributed by atoms with Crippen LogP contribution in [0.5, 0.6) is 23.0 Å². The molecule has 0 saturated carbocycles. The normalized spacial score (nSPS) is 12.5. The van der Waals surface area contributed by atoms with Gasteiger partial charge < -0.3 is 28.2 Å². The molecule has 0 unspecified atom stereocenters. The van der Waals surface area contributed by atoms with Crippen molar-refractivity contribution < 1.29 is 28.2 Å². The van der Waals surface area contributed by atoms with E-state index >= 15 is 0 Å². The summed E-state index contributed by atoms with van der Waals surface area (Å²) in [7, 11) is 0. The van der Waals surface area contributed by atoms with Crippen LogP contribution in [0.4, 0.5) is 0 Å². The van der Waals surface area contributed by atoms with Crippen LogP contribution in [0, 0.1) is 13.8 Å². The molecule has 0 fully saturated rings. The monoisotopic (exact) mass is 406 g/mol. The number of hydrogen-bond donors (Lipinski definition) is 1. The number of fused-ring (bicyclic) bond motifs is 2. The first-order valence-electron chi connectivity index (χ1n) is 9.38. The first-order valence-corrected chi connectivity index (χ1v) is 9.38. The van der Waals surface area contributed by atoms with Crippen LogP contribution in [0.2, 0.25) is 0 Å². The molecule has 0 atom stereocenters. The molecule has 1 N–H and O–H groups in total. The lowest BCUT2D eigenvalue weighted by Crippen LogP contribution is -2.05. The number of ether oxygens (including phenoxy) is 3. The molecule has 0 amide bonds. The van der Waals surface area contributed by atoms with Gasteiger partial charge in [-0.05, 0) is 55.8 Å². The standard InChI is InChI=1S/C23H18O7/c1-12-21(24)13(2)23(25)30-22(12)20-9-15-8-16(4-6-17(15)29-20)26-10-14-3-5-18-19(7-14)28-11-27-18/h3-9,24H,10-11H2,1-2H3. The van der Waals surface area contributed by atoms with Gasteiger partial charge in [0.2, 0.25) is 6.79 Å². The number of aromatic hydroxyl groups is 1. The largest absolute Gasteiger partial charge is 0.507 e. The minimum absolute atomic E-state index is 0.0885.